The van der Waals surface area contributed by atoms with Gasteiger partial charge in [0.25, 0.3) is 0 Å². The minimum absolute atomic E-state index is 0.0562. The van der Waals surface area contributed by atoms with Crippen LogP contribution in [0.2, 0.25) is 0 Å². The van der Waals surface area contributed by atoms with Crippen molar-refractivity contribution in [1.82, 2.24) is 4.90 Å². The highest BCUT2D eigenvalue weighted by molar-refractivity contribution is 6.05. The first-order valence-corrected chi connectivity index (χ1v) is 5.76. The van der Waals surface area contributed by atoms with Crippen molar-refractivity contribution in [3.8, 4) is 0 Å². The van der Waals surface area contributed by atoms with Gasteiger partial charge < -0.3 is 0 Å². The third kappa shape index (κ3) is 1.71. The second-order valence-corrected chi connectivity index (χ2v) is 4.34. The van der Waals surface area contributed by atoms with Gasteiger partial charge in [0.1, 0.15) is 0 Å². The maximum atomic E-state index is 11.9. The highest BCUT2D eigenvalue weighted by Crippen LogP contribution is 2.34. The monoisotopic (exact) mass is 207 g/mol. The van der Waals surface area contributed by atoms with Crippen molar-refractivity contribution >= 4 is 11.8 Å². The molecule has 0 saturated carbocycles. The molecule has 1 heterocycles. The first-order chi connectivity index (χ1) is 7.25. The summed E-state index contributed by atoms with van der Waals surface area (Å²) in [6.45, 7) is 2.68. The van der Waals surface area contributed by atoms with E-state index in [1.54, 1.807) is 0 Å². The summed E-state index contributed by atoms with van der Waals surface area (Å²) in [5.74, 6) is 0.00399. The molecular weight excluding hydrogens is 190 g/mol. The Morgan fingerprint density at radius 3 is 2.20 bits per heavy atom. The van der Waals surface area contributed by atoms with Gasteiger partial charge in [-0.15, -0.1) is 0 Å². The van der Waals surface area contributed by atoms with E-state index >= 15 is 0 Å². The lowest BCUT2D eigenvalue weighted by Crippen LogP contribution is -2.31. The van der Waals surface area contributed by atoms with Crippen molar-refractivity contribution in [2.24, 2.45) is 11.8 Å². The maximum absolute atomic E-state index is 11.9. The lowest BCUT2D eigenvalue weighted by Gasteiger charge is -2.14. The third-order valence-corrected chi connectivity index (χ3v) is 3.33. The molecule has 2 aliphatic rings. The van der Waals surface area contributed by atoms with Crippen LogP contribution in [0.3, 0.4) is 0 Å². The zero-order chi connectivity index (χ0) is 10.8. The largest absolute Gasteiger partial charge is 0.282 e. The molecule has 0 unspecified atom stereocenters. The van der Waals surface area contributed by atoms with E-state index in [0.717, 1.165) is 25.7 Å². The molecule has 0 N–H and O–H groups in total. The number of imide groups is 1. The maximum Gasteiger partial charge on any atom is 0.233 e. The van der Waals surface area contributed by atoms with Gasteiger partial charge in [0, 0.05) is 6.54 Å². The molecule has 2 rings (SSSR count). The van der Waals surface area contributed by atoms with Gasteiger partial charge in [0.2, 0.25) is 11.8 Å². The minimum Gasteiger partial charge on any atom is -0.282 e. The molecule has 0 aromatic heterocycles. The van der Waals surface area contributed by atoms with E-state index in [9.17, 15) is 9.59 Å². The van der Waals surface area contributed by atoms with Gasteiger partial charge in [-0.25, -0.2) is 0 Å². The zero-order valence-electron chi connectivity index (χ0n) is 9.11. The zero-order valence-corrected chi connectivity index (χ0v) is 9.11. The van der Waals surface area contributed by atoms with Crippen molar-refractivity contribution in [3.63, 3.8) is 0 Å². The number of unbranched alkanes of at least 4 members (excludes halogenated alkanes) is 1. The average molecular weight is 207 g/mol. The molecule has 2 amide bonds. The first kappa shape index (κ1) is 10.4. The van der Waals surface area contributed by atoms with Crippen LogP contribution in [0.15, 0.2) is 12.2 Å². The summed E-state index contributed by atoms with van der Waals surface area (Å²) >= 11 is 0. The summed E-state index contributed by atoms with van der Waals surface area (Å²) < 4.78 is 0. The molecule has 1 aliphatic heterocycles. The van der Waals surface area contributed by atoms with E-state index < -0.39 is 0 Å². The van der Waals surface area contributed by atoms with Gasteiger partial charge in [0.15, 0.2) is 0 Å². The van der Waals surface area contributed by atoms with E-state index in [0.29, 0.717) is 6.54 Å². The summed E-state index contributed by atoms with van der Waals surface area (Å²) in [7, 11) is 0. The molecule has 0 aromatic carbocycles. The summed E-state index contributed by atoms with van der Waals surface area (Å²) in [4.78, 5) is 25.3. The van der Waals surface area contributed by atoms with Crippen LogP contribution in [-0.2, 0) is 9.59 Å². The quantitative estimate of drug-likeness (QED) is 0.522. The molecule has 0 radical (unpaired) electrons. The lowest BCUT2D eigenvalue weighted by atomic mass is 9.85. The van der Waals surface area contributed by atoms with Gasteiger partial charge >= 0.3 is 0 Å². The highest BCUT2D eigenvalue weighted by atomic mass is 16.2. The molecule has 1 saturated heterocycles. The fourth-order valence-electron chi connectivity index (χ4n) is 2.41. The van der Waals surface area contributed by atoms with Gasteiger partial charge in [-0.3, -0.25) is 14.5 Å². The van der Waals surface area contributed by atoms with Gasteiger partial charge in [0.05, 0.1) is 11.8 Å². The predicted octanol–water partition coefficient (Wildman–Crippen LogP) is 1.74. The number of amides is 2. The number of allylic oxidation sites excluding steroid dienone is 2. The summed E-state index contributed by atoms with van der Waals surface area (Å²) in [6.07, 6.45) is 7.48. The van der Waals surface area contributed by atoms with E-state index in [4.69, 9.17) is 0 Å². The molecule has 2 atom stereocenters. The Balaban J connectivity index is 2.10. The highest BCUT2D eigenvalue weighted by Gasteiger charge is 2.46. The first-order valence-electron chi connectivity index (χ1n) is 5.76. The van der Waals surface area contributed by atoms with Crippen LogP contribution >= 0.6 is 0 Å². The van der Waals surface area contributed by atoms with Crippen LogP contribution in [0.4, 0.5) is 0 Å². The van der Waals surface area contributed by atoms with Gasteiger partial charge in [-0.1, -0.05) is 25.5 Å². The Kier molecular flexibility index (Phi) is 2.89. The molecule has 0 spiro atoms. The standard InChI is InChI=1S/C12H17NO2/c1-2-3-8-13-11(14)9-6-4-5-7-10(9)12(13)15/h4-5,9-10H,2-3,6-8H2,1H3/t9-,10-/m1/s1. The number of carbonyl (C=O) groups is 2. The topological polar surface area (TPSA) is 37.4 Å². The molecular formula is C12H17NO2. The summed E-state index contributed by atoms with van der Waals surface area (Å²) in [5, 5.41) is 0. The third-order valence-electron chi connectivity index (χ3n) is 3.33. The van der Waals surface area contributed by atoms with E-state index in [-0.39, 0.29) is 23.7 Å². The molecule has 3 heteroatoms. The Hall–Kier alpha value is -1.12. The Morgan fingerprint density at radius 1 is 1.20 bits per heavy atom. The predicted molar refractivity (Wildman–Crippen MR) is 57.0 cm³/mol. The van der Waals surface area contributed by atoms with Crippen molar-refractivity contribution in [2.45, 2.75) is 32.6 Å². The molecule has 0 bridgehead atoms. The lowest BCUT2D eigenvalue weighted by molar-refractivity contribution is -0.139. The SMILES string of the molecule is CCCCN1C(=O)[C@@H]2CC=CC[C@H]2C1=O. The average Bonchev–Trinajstić information content (AvgIpc) is 2.51. The number of hydrogen-bond donors (Lipinski definition) is 0. The van der Waals surface area contributed by atoms with Crippen LogP contribution in [0.5, 0.6) is 0 Å². The number of rotatable bonds is 3. The molecule has 82 valence electrons. The number of fused-ring (bicyclic) bond motifs is 1. The van der Waals surface area contributed by atoms with Crippen LogP contribution in [0.1, 0.15) is 32.6 Å². The van der Waals surface area contributed by atoms with Gasteiger partial charge in [-0.05, 0) is 19.3 Å². The second kappa shape index (κ2) is 4.17. The van der Waals surface area contributed by atoms with Crippen molar-refractivity contribution in [2.75, 3.05) is 6.54 Å². The van der Waals surface area contributed by atoms with Crippen molar-refractivity contribution < 1.29 is 9.59 Å². The molecule has 0 aromatic rings. The minimum atomic E-state index is -0.0562. The number of likely N-dealkylation sites (tertiary alicyclic amines) is 1. The van der Waals surface area contributed by atoms with Crippen molar-refractivity contribution in [3.05, 3.63) is 12.2 Å². The smallest absolute Gasteiger partial charge is 0.233 e. The second-order valence-electron chi connectivity index (χ2n) is 4.34. The fourth-order valence-corrected chi connectivity index (χ4v) is 2.41. The number of nitrogens with zero attached hydrogens (tertiary/aromatic N) is 1. The van der Waals surface area contributed by atoms with Crippen LogP contribution in [-0.4, -0.2) is 23.3 Å². The molecule has 15 heavy (non-hydrogen) atoms. The fraction of sp³-hybridized carbons (Fsp3) is 0.667. The van der Waals surface area contributed by atoms with E-state index in [1.165, 1.54) is 4.90 Å². The summed E-state index contributed by atoms with van der Waals surface area (Å²) in [5.41, 5.74) is 0. The van der Waals surface area contributed by atoms with Crippen molar-refractivity contribution in [1.29, 1.82) is 0 Å². The van der Waals surface area contributed by atoms with Crippen LogP contribution < -0.4 is 0 Å². The van der Waals surface area contributed by atoms with E-state index in [1.807, 2.05) is 12.2 Å². The number of carbonyl (C=O) groups excluding carboxylic acids is 2. The van der Waals surface area contributed by atoms with E-state index in [2.05, 4.69) is 6.92 Å². The molecule has 1 fully saturated rings. The van der Waals surface area contributed by atoms with Crippen LogP contribution in [0, 0.1) is 11.8 Å². The summed E-state index contributed by atoms with van der Waals surface area (Å²) in [6, 6.07) is 0. The Bertz CT molecular complexity index is 283. The molecule has 1 aliphatic carbocycles. The van der Waals surface area contributed by atoms with Gasteiger partial charge in [-0.2, -0.15) is 0 Å². The Morgan fingerprint density at radius 2 is 1.73 bits per heavy atom. The molecule has 3 nitrogen and oxygen atoms in total. The van der Waals surface area contributed by atoms with Crippen LogP contribution in [0.25, 0.3) is 0 Å². The number of hydrogen-bond acceptors (Lipinski definition) is 2. The normalized spacial score (nSPS) is 29.8. The Labute approximate surface area is 90.1 Å².